The molecule has 0 aliphatic carbocycles. The van der Waals surface area contributed by atoms with Gasteiger partial charge in [-0.05, 0) is 25.0 Å². The van der Waals surface area contributed by atoms with Crippen molar-refractivity contribution in [1.29, 1.82) is 0 Å². The Kier molecular flexibility index (Phi) is 4.57. The SMILES string of the molecule is CN(C(=O)C1CCOCC1)c1ccccc1/C(N)=N/O. The number of ether oxygens (including phenoxy) is 1. The minimum Gasteiger partial charge on any atom is -0.409 e. The van der Waals surface area contributed by atoms with E-state index in [4.69, 9.17) is 15.7 Å². The number of para-hydroxylation sites is 1. The average molecular weight is 277 g/mol. The number of anilines is 1. The molecule has 1 aliphatic heterocycles. The summed E-state index contributed by atoms with van der Waals surface area (Å²) in [4.78, 5) is 14.1. The number of hydrogen-bond donors (Lipinski definition) is 2. The standard InChI is InChI=1S/C14H19N3O3/c1-17(14(18)10-6-8-20-9-7-10)12-5-3-2-4-11(12)13(15)16-19/h2-5,10,19H,6-9H2,1H3,(H2,15,16). The van der Waals surface area contributed by atoms with E-state index in [1.165, 1.54) is 0 Å². The second kappa shape index (κ2) is 6.38. The van der Waals surface area contributed by atoms with Gasteiger partial charge in [0.15, 0.2) is 5.84 Å². The van der Waals surface area contributed by atoms with Crippen molar-refractivity contribution in [2.24, 2.45) is 16.8 Å². The van der Waals surface area contributed by atoms with E-state index in [1.807, 2.05) is 6.07 Å². The highest BCUT2D eigenvalue weighted by Crippen LogP contribution is 2.24. The highest BCUT2D eigenvalue weighted by Gasteiger charge is 2.26. The predicted molar refractivity (Wildman–Crippen MR) is 75.9 cm³/mol. The number of carbonyl (C=O) groups excluding carboxylic acids is 1. The Hall–Kier alpha value is -2.08. The average Bonchev–Trinajstić information content (AvgIpc) is 2.53. The molecule has 6 nitrogen and oxygen atoms in total. The summed E-state index contributed by atoms with van der Waals surface area (Å²) in [6.07, 6.45) is 1.46. The third kappa shape index (κ3) is 2.91. The summed E-state index contributed by atoms with van der Waals surface area (Å²) in [7, 11) is 1.71. The summed E-state index contributed by atoms with van der Waals surface area (Å²) in [5.41, 5.74) is 6.83. The van der Waals surface area contributed by atoms with Gasteiger partial charge in [-0.2, -0.15) is 0 Å². The second-order valence-corrected chi connectivity index (χ2v) is 4.79. The summed E-state index contributed by atoms with van der Waals surface area (Å²) < 4.78 is 5.27. The lowest BCUT2D eigenvalue weighted by Crippen LogP contribution is -2.37. The smallest absolute Gasteiger partial charge is 0.230 e. The van der Waals surface area contributed by atoms with Crippen LogP contribution in [0.3, 0.4) is 0 Å². The predicted octanol–water partition coefficient (Wildman–Crippen LogP) is 1.17. The zero-order chi connectivity index (χ0) is 14.5. The van der Waals surface area contributed by atoms with Crippen LogP contribution in [0.25, 0.3) is 0 Å². The number of amides is 1. The monoisotopic (exact) mass is 277 g/mol. The van der Waals surface area contributed by atoms with Crippen molar-refractivity contribution in [2.75, 3.05) is 25.2 Å². The number of rotatable bonds is 3. The largest absolute Gasteiger partial charge is 0.409 e. The van der Waals surface area contributed by atoms with Crippen LogP contribution < -0.4 is 10.6 Å². The first-order valence-corrected chi connectivity index (χ1v) is 6.57. The van der Waals surface area contributed by atoms with Gasteiger partial charge >= 0.3 is 0 Å². The molecule has 0 spiro atoms. The summed E-state index contributed by atoms with van der Waals surface area (Å²) in [6, 6.07) is 7.10. The number of benzene rings is 1. The van der Waals surface area contributed by atoms with Gasteiger partial charge in [-0.1, -0.05) is 17.3 Å². The highest BCUT2D eigenvalue weighted by molar-refractivity contribution is 6.06. The Bertz CT molecular complexity index is 510. The van der Waals surface area contributed by atoms with Crippen LogP contribution in [0.4, 0.5) is 5.69 Å². The van der Waals surface area contributed by atoms with E-state index in [9.17, 15) is 4.79 Å². The molecule has 6 heteroatoms. The minimum absolute atomic E-state index is 0.00720. The number of nitrogens with zero attached hydrogens (tertiary/aromatic N) is 2. The lowest BCUT2D eigenvalue weighted by atomic mass is 9.98. The van der Waals surface area contributed by atoms with Crippen molar-refractivity contribution in [2.45, 2.75) is 12.8 Å². The maximum absolute atomic E-state index is 12.5. The van der Waals surface area contributed by atoms with Crippen LogP contribution in [-0.4, -0.2) is 37.2 Å². The Morgan fingerprint density at radius 2 is 2.05 bits per heavy atom. The quantitative estimate of drug-likeness (QED) is 0.376. The van der Waals surface area contributed by atoms with Crippen LogP contribution in [0.2, 0.25) is 0 Å². The molecule has 1 heterocycles. The van der Waals surface area contributed by atoms with Gasteiger partial charge in [-0.15, -0.1) is 0 Å². The maximum atomic E-state index is 12.5. The number of nitrogens with two attached hydrogens (primary N) is 1. The van der Waals surface area contributed by atoms with Gasteiger partial charge in [0.05, 0.1) is 5.69 Å². The number of oxime groups is 1. The van der Waals surface area contributed by atoms with Gasteiger partial charge < -0.3 is 20.6 Å². The Balaban J connectivity index is 2.24. The molecular weight excluding hydrogens is 258 g/mol. The van der Waals surface area contributed by atoms with Crippen LogP contribution in [0.5, 0.6) is 0 Å². The molecular formula is C14H19N3O3. The molecule has 20 heavy (non-hydrogen) atoms. The lowest BCUT2D eigenvalue weighted by Gasteiger charge is -2.27. The van der Waals surface area contributed by atoms with Gasteiger partial charge in [-0.25, -0.2) is 0 Å². The normalized spacial score (nSPS) is 16.9. The first-order chi connectivity index (χ1) is 9.65. The Labute approximate surface area is 117 Å². The summed E-state index contributed by atoms with van der Waals surface area (Å²) in [5, 5.41) is 11.8. The first-order valence-electron chi connectivity index (χ1n) is 6.57. The zero-order valence-corrected chi connectivity index (χ0v) is 11.5. The van der Waals surface area contributed by atoms with Crippen molar-refractivity contribution < 1.29 is 14.7 Å². The zero-order valence-electron chi connectivity index (χ0n) is 11.5. The van der Waals surface area contributed by atoms with Crippen LogP contribution in [-0.2, 0) is 9.53 Å². The van der Waals surface area contributed by atoms with Crippen LogP contribution in [0.1, 0.15) is 18.4 Å². The third-order valence-corrected chi connectivity index (χ3v) is 3.55. The molecule has 0 aromatic heterocycles. The van der Waals surface area contributed by atoms with Crippen molar-refractivity contribution in [3.8, 4) is 0 Å². The van der Waals surface area contributed by atoms with Crippen LogP contribution >= 0.6 is 0 Å². The minimum atomic E-state index is -0.0332. The van der Waals surface area contributed by atoms with E-state index in [-0.39, 0.29) is 17.7 Å². The molecule has 1 amide bonds. The molecule has 0 bridgehead atoms. The molecule has 0 radical (unpaired) electrons. The molecule has 2 rings (SSSR count). The number of amidine groups is 1. The lowest BCUT2D eigenvalue weighted by molar-refractivity contribution is -0.124. The van der Waals surface area contributed by atoms with Crippen LogP contribution in [0, 0.1) is 5.92 Å². The number of hydrogen-bond acceptors (Lipinski definition) is 4. The molecule has 3 N–H and O–H groups in total. The molecule has 1 fully saturated rings. The molecule has 1 aliphatic rings. The fraction of sp³-hybridized carbons (Fsp3) is 0.429. The van der Waals surface area contributed by atoms with Crippen LogP contribution in [0.15, 0.2) is 29.4 Å². The maximum Gasteiger partial charge on any atom is 0.230 e. The number of carbonyl (C=O) groups is 1. The van der Waals surface area contributed by atoms with E-state index in [0.29, 0.717) is 24.5 Å². The van der Waals surface area contributed by atoms with E-state index < -0.39 is 0 Å². The van der Waals surface area contributed by atoms with Crippen molar-refractivity contribution in [3.63, 3.8) is 0 Å². The summed E-state index contributed by atoms with van der Waals surface area (Å²) >= 11 is 0. The van der Waals surface area contributed by atoms with Crippen molar-refractivity contribution in [1.82, 2.24) is 0 Å². The summed E-state index contributed by atoms with van der Waals surface area (Å²) in [6.45, 7) is 1.23. The van der Waals surface area contributed by atoms with E-state index in [0.717, 1.165) is 12.8 Å². The fourth-order valence-electron chi connectivity index (χ4n) is 2.37. The molecule has 1 saturated heterocycles. The first kappa shape index (κ1) is 14.3. The molecule has 108 valence electrons. The van der Waals surface area contributed by atoms with Gasteiger partial charge in [0, 0.05) is 31.7 Å². The summed E-state index contributed by atoms with van der Waals surface area (Å²) in [5.74, 6) is -0.00665. The Morgan fingerprint density at radius 3 is 2.70 bits per heavy atom. The van der Waals surface area contributed by atoms with Crippen molar-refractivity contribution in [3.05, 3.63) is 29.8 Å². The van der Waals surface area contributed by atoms with E-state index in [1.54, 1.807) is 30.1 Å². The Morgan fingerprint density at radius 1 is 1.40 bits per heavy atom. The third-order valence-electron chi connectivity index (χ3n) is 3.55. The molecule has 1 aromatic carbocycles. The fourth-order valence-corrected chi connectivity index (χ4v) is 2.37. The molecule has 0 unspecified atom stereocenters. The topological polar surface area (TPSA) is 88.2 Å². The molecule has 1 aromatic rings. The van der Waals surface area contributed by atoms with Crippen molar-refractivity contribution >= 4 is 17.4 Å². The van der Waals surface area contributed by atoms with Gasteiger partial charge in [-0.3, -0.25) is 4.79 Å². The highest BCUT2D eigenvalue weighted by atomic mass is 16.5. The van der Waals surface area contributed by atoms with E-state index >= 15 is 0 Å². The van der Waals surface area contributed by atoms with Gasteiger partial charge in [0.1, 0.15) is 0 Å². The van der Waals surface area contributed by atoms with E-state index in [2.05, 4.69) is 5.16 Å². The van der Waals surface area contributed by atoms with Gasteiger partial charge in [0.25, 0.3) is 0 Å². The second-order valence-electron chi connectivity index (χ2n) is 4.79. The molecule has 0 atom stereocenters. The van der Waals surface area contributed by atoms with Gasteiger partial charge in [0.2, 0.25) is 5.91 Å². The molecule has 0 saturated carbocycles.